The summed E-state index contributed by atoms with van der Waals surface area (Å²) in [5.74, 6) is 0.368. The number of carbonyl (C=O) groups excluding carboxylic acids is 1. The van der Waals surface area contributed by atoms with Crippen molar-refractivity contribution in [1.29, 1.82) is 0 Å². The van der Waals surface area contributed by atoms with E-state index in [-0.39, 0.29) is 12.5 Å². The molecule has 0 spiro atoms. The van der Waals surface area contributed by atoms with Gasteiger partial charge in [-0.15, -0.1) is 0 Å². The molecular weight excluding hydrogens is 328 g/mol. The number of rotatable bonds is 7. The number of aliphatic hydroxyl groups is 1. The Morgan fingerprint density at radius 3 is 3.00 bits per heavy atom. The summed E-state index contributed by atoms with van der Waals surface area (Å²) in [4.78, 5) is 11.9. The number of hydrogen-bond donors (Lipinski definition) is 2. The van der Waals surface area contributed by atoms with E-state index in [1.807, 2.05) is 30.5 Å². The molecule has 0 aliphatic rings. The number of nitrogens with one attached hydrogen (secondary N) is 1. The zero-order chi connectivity index (χ0) is 16.9. The minimum absolute atomic E-state index is 0.0832. The Bertz CT molecular complexity index is 811. The summed E-state index contributed by atoms with van der Waals surface area (Å²) in [5.41, 5.74) is 1.10. The highest BCUT2D eigenvalue weighted by atomic mass is 35.5. The Morgan fingerprint density at radius 1 is 1.33 bits per heavy atom. The highest BCUT2D eigenvalue weighted by molar-refractivity contribution is 6.31. The largest absolute Gasteiger partial charge is 0.467 e. The maximum atomic E-state index is 11.9. The average Bonchev–Trinajstić information content (AvgIpc) is 3.22. The van der Waals surface area contributed by atoms with Gasteiger partial charge in [-0.3, -0.25) is 4.79 Å². The molecule has 1 aromatic carbocycles. The SMILES string of the molecule is O=C(CCCn1ccc2cc(Cl)ccc21)NCC(O)c1ccco1. The highest BCUT2D eigenvalue weighted by Crippen LogP contribution is 2.20. The predicted molar refractivity (Wildman–Crippen MR) is 92.9 cm³/mol. The summed E-state index contributed by atoms with van der Waals surface area (Å²) in [5, 5.41) is 14.4. The lowest BCUT2D eigenvalue weighted by atomic mass is 10.2. The molecule has 126 valence electrons. The maximum absolute atomic E-state index is 11.9. The average molecular weight is 347 g/mol. The number of carbonyl (C=O) groups is 1. The van der Waals surface area contributed by atoms with Crippen LogP contribution in [0.2, 0.25) is 5.02 Å². The van der Waals surface area contributed by atoms with Gasteiger partial charge in [0.2, 0.25) is 5.91 Å². The van der Waals surface area contributed by atoms with Crippen LogP contribution in [-0.4, -0.2) is 22.1 Å². The second-order valence-electron chi connectivity index (χ2n) is 5.65. The molecule has 1 atom stereocenters. The van der Waals surface area contributed by atoms with Crippen LogP contribution in [0.3, 0.4) is 0 Å². The van der Waals surface area contributed by atoms with Gasteiger partial charge in [0, 0.05) is 35.1 Å². The smallest absolute Gasteiger partial charge is 0.220 e. The quantitative estimate of drug-likeness (QED) is 0.687. The molecule has 6 heteroatoms. The van der Waals surface area contributed by atoms with Crippen LogP contribution in [0.15, 0.2) is 53.3 Å². The molecule has 3 aromatic rings. The van der Waals surface area contributed by atoms with Gasteiger partial charge in [0.1, 0.15) is 11.9 Å². The lowest BCUT2D eigenvalue weighted by Crippen LogP contribution is -2.28. The van der Waals surface area contributed by atoms with E-state index >= 15 is 0 Å². The van der Waals surface area contributed by atoms with Crippen molar-refractivity contribution in [3.63, 3.8) is 0 Å². The molecule has 1 amide bonds. The van der Waals surface area contributed by atoms with Crippen LogP contribution in [0.4, 0.5) is 0 Å². The number of aryl methyl sites for hydroxylation is 1. The lowest BCUT2D eigenvalue weighted by molar-refractivity contribution is -0.121. The van der Waals surface area contributed by atoms with Crippen LogP contribution in [0, 0.1) is 0 Å². The fourth-order valence-corrected chi connectivity index (χ4v) is 2.84. The molecule has 24 heavy (non-hydrogen) atoms. The normalized spacial score (nSPS) is 12.4. The third-order valence-corrected chi connectivity index (χ3v) is 4.14. The number of hydrogen-bond acceptors (Lipinski definition) is 3. The lowest BCUT2D eigenvalue weighted by Gasteiger charge is -2.10. The molecule has 0 radical (unpaired) electrons. The first-order chi connectivity index (χ1) is 11.6. The molecule has 0 fully saturated rings. The molecule has 5 nitrogen and oxygen atoms in total. The van der Waals surface area contributed by atoms with Crippen molar-refractivity contribution in [2.75, 3.05) is 6.54 Å². The molecule has 0 bridgehead atoms. The first-order valence-electron chi connectivity index (χ1n) is 7.86. The zero-order valence-electron chi connectivity index (χ0n) is 13.1. The van der Waals surface area contributed by atoms with Crippen LogP contribution in [0.25, 0.3) is 10.9 Å². The van der Waals surface area contributed by atoms with Gasteiger partial charge in [-0.1, -0.05) is 11.6 Å². The van der Waals surface area contributed by atoms with Crippen molar-refractivity contribution in [3.8, 4) is 0 Å². The van der Waals surface area contributed by atoms with Crippen molar-refractivity contribution in [2.45, 2.75) is 25.5 Å². The molecule has 2 heterocycles. The number of halogens is 1. The molecular formula is C18H19ClN2O3. The Kier molecular flexibility index (Phi) is 5.23. The minimum Gasteiger partial charge on any atom is -0.467 e. The van der Waals surface area contributed by atoms with Crippen molar-refractivity contribution in [1.82, 2.24) is 9.88 Å². The van der Waals surface area contributed by atoms with E-state index < -0.39 is 6.10 Å². The van der Waals surface area contributed by atoms with Crippen molar-refractivity contribution >= 4 is 28.4 Å². The summed E-state index contributed by atoms with van der Waals surface area (Å²) in [6, 6.07) is 11.2. The Labute approximate surface area is 144 Å². The Hall–Kier alpha value is -2.24. The number of fused-ring (bicyclic) bond motifs is 1. The molecule has 2 N–H and O–H groups in total. The summed E-state index contributed by atoms with van der Waals surface area (Å²) >= 11 is 5.98. The number of furan rings is 1. The molecule has 0 aliphatic carbocycles. The molecule has 0 aliphatic heterocycles. The van der Waals surface area contributed by atoms with E-state index in [1.165, 1.54) is 6.26 Å². The van der Waals surface area contributed by atoms with E-state index in [1.54, 1.807) is 12.1 Å². The van der Waals surface area contributed by atoms with Gasteiger partial charge in [-0.25, -0.2) is 0 Å². The van der Waals surface area contributed by atoms with Gasteiger partial charge < -0.3 is 19.4 Å². The van der Waals surface area contributed by atoms with Crippen LogP contribution >= 0.6 is 11.6 Å². The van der Waals surface area contributed by atoms with Crippen LogP contribution in [0.1, 0.15) is 24.7 Å². The third kappa shape index (κ3) is 3.99. The summed E-state index contributed by atoms with van der Waals surface area (Å²) < 4.78 is 7.20. The van der Waals surface area contributed by atoms with Crippen LogP contribution in [0.5, 0.6) is 0 Å². The van der Waals surface area contributed by atoms with Gasteiger partial charge in [0.05, 0.1) is 12.8 Å². The first kappa shape index (κ1) is 16.6. The Morgan fingerprint density at radius 2 is 2.21 bits per heavy atom. The van der Waals surface area contributed by atoms with Crippen molar-refractivity contribution in [3.05, 3.63) is 59.6 Å². The second-order valence-corrected chi connectivity index (χ2v) is 6.09. The third-order valence-electron chi connectivity index (χ3n) is 3.90. The number of amides is 1. The van der Waals surface area contributed by atoms with Crippen LogP contribution in [-0.2, 0) is 11.3 Å². The van der Waals surface area contributed by atoms with E-state index in [2.05, 4.69) is 9.88 Å². The fraction of sp³-hybridized carbons (Fsp3) is 0.278. The van der Waals surface area contributed by atoms with Gasteiger partial charge >= 0.3 is 0 Å². The molecule has 2 aromatic heterocycles. The van der Waals surface area contributed by atoms with Crippen LogP contribution < -0.4 is 5.32 Å². The fourth-order valence-electron chi connectivity index (χ4n) is 2.66. The van der Waals surface area contributed by atoms with Gasteiger partial charge in [0.25, 0.3) is 0 Å². The summed E-state index contributed by atoms with van der Waals surface area (Å²) in [6.07, 6.45) is 3.80. The molecule has 1 unspecified atom stereocenters. The molecule has 3 rings (SSSR count). The zero-order valence-corrected chi connectivity index (χ0v) is 13.9. The first-order valence-corrected chi connectivity index (χ1v) is 8.24. The highest BCUT2D eigenvalue weighted by Gasteiger charge is 2.11. The summed E-state index contributed by atoms with van der Waals surface area (Å²) in [7, 11) is 0. The standard InChI is InChI=1S/C18H19ClN2O3/c19-14-5-6-15-13(11-14)7-9-21(15)8-1-4-18(23)20-12-16(22)17-3-2-10-24-17/h2-3,5-7,9-11,16,22H,1,4,8,12H2,(H,20,23). The molecule has 0 saturated heterocycles. The number of aliphatic hydroxyl groups excluding tert-OH is 1. The topological polar surface area (TPSA) is 67.4 Å². The Balaban J connectivity index is 1.44. The van der Waals surface area contributed by atoms with Crippen molar-refractivity contribution in [2.24, 2.45) is 0 Å². The van der Waals surface area contributed by atoms with E-state index in [0.29, 0.717) is 12.2 Å². The second kappa shape index (κ2) is 7.55. The maximum Gasteiger partial charge on any atom is 0.220 e. The van der Waals surface area contributed by atoms with Gasteiger partial charge in [0.15, 0.2) is 0 Å². The number of benzene rings is 1. The number of aromatic nitrogens is 1. The minimum atomic E-state index is -0.818. The number of nitrogens with zero attached hydrogens (tertiary/aromatic N) is 1. The van der Waals surface area contributed by atoms with Gasteiger partial charge in [-0.05, 0) is 42.8 Å². The van der Waals surface area contributed by atoms with E-state index in [4.69, 9.17) is 16.0 Å². The molecule has 0 saturated carbocycles. The predicted octanol–water partition coefficient (Wildman–Crippen LogP) is 3.52. The van der Waals surface area contributed by atoms with E-state index in [0.717, 1.165) is 28.9 Å². The van der Waals surface area contributed by atoms with E-state index in [9.17, 15) is 9.90 Å². The summed E-state index contributed by atoms with van der Waals surface area (Å²) in [6.45, 7) is 0.899. The van der Waals surface area contributed by atoms with Gasteiger partial charge in [-0.2, -0.15) is 0 Å². The van der Waals surface area contributed by atoms with Crippen molar-refractivity contribution < 1.29 is 14.3 Å². The monoisotopic (exact) mass is 346 g/mol.